The number of nitrogens with one attached hydrogen (secondary N) is 1. The maximum atomic E-state index is 11.3. The first kappa shape index (κ1) is 11.1. The third-order valence-corrected chi connectivity index (χ3v) is 1.88. The number of hydrogen-bond acceptors (Lipinski definition) is 4. The van der Waals surface area contributed by atoms with Crippen LogP contribution in [0.1, 0.15) is 16.8 Å². The first-order chi connectivity index (χ1) is 7.29. The van der Waals surface area contributed by atoms with Gasteiger partial charge in [-0.1, -0.05) is 12.1 Å². The van der Waals surface area contributed by atoms with Crippen molar-refractivity contribution in [2.45, 2.75) is 6.42 Å². The molecule has 0 aromatic heterocycles. The molecule has 15 heavy (non-hydrogen) atoms. The van der Waals surface area contributed by atoms with Gasteiger partial charge in [-0.3, -0.25) is 0 Å². The number of carbonyl (C=O) groups excluding carboxylic acids is 1. The van der Waals surface area contributed by atoms with Crippen LogP contribution in [-0.4, -0.2) is 19.6 Å². The third-order valence-electron chi connectivity index (χ3n) is 1.88. The molecule has 0 fully saturated rings. The summed E-state index contributed by atoms with van der Waals surface area (Å²) in [6.45, 7) is 0.518. The van der Waals surface area contributed by atoms with E-state index in [1.165, 1.54) is 7.11 Å². The Balaban J connectivity index is 2.78. The van der Waals surface area contributed by atoms with Gasteiger partial charge in [0.1, 0.15) is 0 Å². The molecule has 0 heterocycles. The molecule has 1 aromatic carbocycles. The second-order valence-electron chi connectivity index (χ2n) is 2.87. The number of rotatable bonds is 4. The number of benzene rings is 1. The van der Waals surface area contributed by atoms with Crippen LogP contribution in [0.4, 0.5) is 5.69 Å². The molecule has 0 aliphatic carbocycles. The number of nitriles is 1. The Hall–Kier alpha value is -2.02. The van der Waals surface area contributed by atoms with Gasteiger partial charge in [0.15, 0.2) is 0 Å². The Morgan fingerprint density at radius 2 is 2.27 bits per heavy atom. The first-order valence-corrected chi connectivity index (χ1v) is 4.57. The number of ether oxygens (including phenoxy) is 1. The van der Waals surface area contributed by atoms with Crippen molar-refractivity contribution in [3.63, 3.8) is 0 Å². The van der Waals surface area contributed by atoms with Gasteiger partial charge in [0.05, 0.1) is 25.2 Å². The highest BCUT2D eigenvalue weighted by Gasteiger charge is 2.09. The van der Waals surface area contributed by atoms with E-state index in [1.807, 2.05) is 12.1 Å². The van der Waals surface area contributed by atoms with Crippen LogP contribution in [0.3, 0.4) is 0 Å². The molecule has 4 heteroatoms. The van der Waals surface area contributed by atoms with E-state index < -0.39 is 0 Å². The van der Waals surface area contributed by atoms with E-state index in [0.29, 0.717) is 24.2 Å². The number of esters is 1. The lowest BCUT2D eigenvalue weighted by molar-refractivity contribution is 0.0602. The molecule has 0 radical (unpaired) electrons. The molecule has 1 N–H and O–H groups in total. The predicted octanol–water partition coefficient (Wildman–Crippen LogP) is 1.80. The molecule has 0 saturated heterocycles. The van der Waals surface area contributed by atoms with Gasteiger partial charge in [0, 0.05) is 12.2 Å². The SMILES string of the molecule is COC(=O)c1ccccc1NCCC#N. The summed E-state index contributed by atoms with van der Waals surface area (Å²) < 4.78 is 4.64. The smallest absolute Gasteiger partial charge is 0.339 e. The highest BCUT2D eigenvalue weighted by Crippen LogP contribution is 2.15. The Morgan fingerprint density at radius 3 is 2.93 bits per heavy atom. The Kier molecular flexibility index (Phi) is 4.17. The summed E-state index contributed by atoms with van der Waals surface area (Å²) in [4.78, 5) is 11.3. The van der Waals surface area contributed by atoms with Crippen molar-refractivity contribution < 1.29 is 9.53 Å². The summed E-state index contributed by atoms with van der Waals surface area (Å²) in [5.74, 6) is -0.380. The second kappa shape index (κ2) is 5.66. The van der Waals surface area contributed by atoms with Crippen molar-refractivity contribution in [2.24, 2.45) is 0 Å². The minimum atomic E-state index is -0.380. The summed E-state index contributed by atoms with van der Waals surface area (Å²) in [6.07, 6.45) is 0.398. The van der Waals surface area contributed by atoms with E-state index >= 15 is 0 Å². The molecule has 0 atom stereocenters. The van der Waals surface area contributed by atoms with Crippen molar-refractivity contribution in [2.75, 3.05) is 19.0 Å². The zero-order valence-corrected chi connectivity index (χ0v) is 8.49. The van der Waals surface area contributed by atoms with E-state index in [1.54, 1.807) is 18.2 Å². The molecule has 0 amide bonds. The van der Waals surface area contributed by atoms with Gasteiger partial charge >= 0.3 is 5.97 Å². The molecule has 0 aliphatic heterocycles. The van der Waals surface area contributed by atoms with Crippen molar-refractivity contribution in [3.8, 4) is 6.07 Å². The molecule has 0 bridgehead atoms. The topological polar surface area (TPSA) is 62.1 Å². The van der Waals surface area contributed by atoms with Crippen LogP contribution < -0.4 is 5.32 Å². The molecule has 1 aromatic rings. The molecule has 78 valence electrons. The van der Waals surface area contributed by atoms with Crippen LogP contribution in [-0.2, 0) is 4.74 Å². The highest BCUT2D eigenvalue weighted by molar-refractivity contribution is 5.95. The second-order valence-corrected chi connectivity index (χ2v) is 2.87. The van der Waals surface area contributed by atoms with Crippen molar-refractivity contribution in [1.82, 2.24) is 0 Å². The Bertz CT molecular complexity index is 382. The molecule has 1 rings (SSSR count). The van der Waals surface area contributed by atoms with E-state index in [4.69, 9.17) is 5.26 Å². The van der Waals surface area contributed by atoms with Crippen molar-refractivity contribution in [1.29, 1.82) is 5.26 Å². The standard InChI is InChI=1S/C11H12N2O2/c1-15-11(14)9-5-2-3-6-10(9)13-8-4-7-12/h2-3,5-6,13H,4,8H2,1H3. The van der Waals surface area contributed by atoms with Gasteiger partial charge in [-0.25, -0.2) is 4.79 Å². The fourth-order valence-corrected chi connectivity index (χ4v) is 1.18. The van der Waals surface area contributed by atoms with Gasteiger partial charge in [0.25, 0.3) is 0 Å². The minimum absolute atomic E-state index is 0.380. The zero-order valence-electron chi connectivity index (χ0n) is 8.49. The summed E-state index contributed by atoms with van der Waals surface area (Å²) in [5, 5.41) is 11.4. The highest BCUT2D eigenvalue weighted by atomic mass is 16.5. The van der Waals surface area contributed by atoms with Gasteiger partial charge < -0.3 is 10.1 Å². The molecule has 0 saturated carbocycles. The van der Waals surface area contributed by atoms with Crippen molar-refractivity contribution in [3.05, 3.63) is 29.8 Å². The summed E-state index contributed by atoms with van der Waals surface area (Å²) >= 11 is 0. The van der Waals surface area contributed by atoms with Crippen LogP contribution in [0.5, 0.6) is 0 Å². The molecule has 0 aliphatic rings. The normalized spacial score (nSPS) is 9.07. The fraction of sp³-hybridized carbons (Fsp3) is 0.273. The third kappa shape index (κ3) is 2.99. The van der Waals surface area contributed by atoms with Crippen LogP contribution in [0.25, 0.3) is 0 Å². The van der Waals surface area contributed by atoms with E-state index in [9.17, 15) is 4.79 Å². The lowest BCUT2D eigenvalue weighted by Crippen LogP contribution is -2.08. The lowest BCUT2D eigenvalue weighted by Gasteiger charge is -2.08. The van der Waals surface area contributed by atoms with Gasteiger partial charge in [-0.2, -0.15) is 5.26 Å². The van der Waals surface area contributed by atoms with Crippen LogP contribution >= 0.6 is 0 Å². The van der Waals surface area contributed by atoms with Crippen LogP contribution in [0.2, 0.25) is 0 Å². The summed E-state index contributed by atoms with van der Waals surface area (Å²) in [6, 6.07) is 9.07. The maximum Gasteiger partial charge on any atom is 0.339 e. The monoisotopic (exact) mass is 204 g/mol. The molecule has 4 nitrogen and oxygen atoms in total. The van der Waals surface area contributed by atoms with Crippen LogP contribution in [0, 0.1) is 11.3 Å². The summed E-state index contributed by atoms with van der Waals surface area (Å²) in [7, 11) is 1.34. The summed E-state index contributed by atoms with van der Waals surface area (Å²) in [5.41, 5.74) is 1.18. The van der Waals surface area contributed by atoms with Gasteiger partial charge in [-0.05, 0) is 12.1 Å². The molecular weight excluding hydrogens is 192 g/mol. The maximum absolute atomic E-state index is 11.3. The number of anilines is 1. The number of para-hydroxylation sites is 1. The lowest BCUT2D eigenvalue weighted by atomic mass is 10.2. The van der Waals surface area contributed by atoms with E-state index in [0.717, 1.165) is 0 Å². The Labute approximate surface area is 88.5 Å². The van der Waals surface area contributed by atoms with Gasteiger partial charge in [0.2, 0.25) is 0 Å². The molecular formula is C11H12N2O2. The number of methoxy groups -OCH3 is 1. The van der Waals surface area contributed by atoms with Crippen molar-refractivity contribution >= 4 is 11.7 Å². The van der Waals surface area contributed by atoms with Gasteiger partial charge in [-0.15, -0.1) is 0 Å². The number of hydrogen-bond donors (Lipinski definition) is 1. The number of carbonyl (C=O) groups is 1. The predicted molar refractivity (Wildman–Crippen MR) is 56.5 cm³/mol. The fourth-order valence-electron chi connectivity index (χ4n) is 1.18. The number of nitrogens with zero attached hydrogens (tertiary/aromatic N) is 1. The van der Waals surface area contributed by atoms with E-state index in [2.05, 4.69) is 10.1 Å². The average molecular weight is 204 g/mol. The quantitative estimate of drug-likeness (QED) is 0.600. The molecule has 0 spiro atoms. The zero-order chi connectivity index (χ0) is 11.1. The largest absolute Gasteiger partial charge is 0.465 e. The molecule has 0 unspecified atom stereocenters. The first-order valence-electron chi connectivity index (χ1n) is 4.57. The van der Waals surface area contributed by atoms with Crippen LogP contribution in [0.15, 0.2) is 24.3 Å². The van der Waals surface area contributed by atoms with E-state index in [-0.39, 0.29) is 5.97 Å². The Morgan fingerprint density at radius 1 is 1.53 bits per heavy atom. The minimum Gasteiger partial charge on any atom is -0.465 e. The average Bonchev–Trinajstić information content (AvgIpc) is 2.29.